The van der Waals surface area contributed by atoms with Crippen molar-refractivity contribution in [1.29, 1.82) is 0 Å². The van der Waals surface area contributed by atoms with Crippen LogP contribution in [0.1, 0.15) is 26.5 Å². The van der Waals surface area contributed by atoms with Gasteiger partial charge in [0.2, 0.25) is 0 Å². The first kappa shape index (κ1) is 12.6. The summed E-state index contributed by atoms with van der Waals surface area (Å²) in [4.78, 5) is 15.7. The SMILES string of the molecule is CC(C)(C)OC(=O)NC(=S)c1ccccn1. The van der Waals surface area contributed by atoms with Crippen molar-refractivity contribution in [3.8, 4) is 0 Å². The highest BCUT2D eigenvalue weighted by atomic mass is 32.1. The molecule has 0 atom stereocenters. The minimum absolute atomic E-state index is 0.259. The van der Waals surface area contributed by atoms with Crippen molar-refractivity contribution in [2.75, 3.05) is 0 Å². The molecule has 0 unspecified atom stereocenters. The summed E-state index contributed by atoms with van der Waals surface area (Å²) in [6.07, 6.45) is 1.04. The van der Waals surface area contributed by atoms with E-state index in [1.54, 1.807) is 45.2 Å². The molecular formula is C11H14N2O2S. The maximum absolute atomic E-state index is 11.4. The largest absolute Gasteiger partial charge is 0.444 e. The molecule has 1 rings (SSSR count). The van der Waals surface area contributed by atoms with E-state index in [1.165, 1.54) is 0 Å². The van der Waals surface area contributed by atoms with Gasteiger partial charge >= 0.3 is 6.09 Å². The third kappa shape index (κ3) is 4.35. The number of hydrogen-bond acceptors (Lipinski definition) is 4. The van der Waals surface area contributed by atoms with Crippen LogP contribution in [-0.4, -0.2) is 21.7 Å². The molecule has 5 heteroatoms. The van der Waals surface area contributed by atoms with Crippen molar-refractivity contribution in [3.05, 3.63) is 30.1 Å². The van der Waals surface area contributed by atoms with Crippen molar-refractivity contribution < 1.29 is 9.53 Å². The lowest BCUT2D eigenvalue weighted by atomic mass is 10.2. The summed E-state index contributed by atoms with van der Waals surface area (Å²) in [6.45, 7) is 5.36. The molecule has 4 nitrogen and oxygen atoms in total. The molecule has 0 aromatic carbocycles. The number of thiocarbonyl (C=S) groups is 1. The van der Waals surface area contributed by atoms with Crippen LogP contribution in [-0.2, 0) is 4.74 Å². The average Bonchev–Trinajstić information content (AvgIpc) is 2.16. The Labute approximate surface area is 100 Å². The molecule has 1 heterocycles. The number of carbonyl (C=O) groups excluding carboxylic acids is 1. The fourth-order valence-electron chi connectivity index (χ4n) is 0.957. The van der Waals surface area contributed by atoms with Crippen molar-refractivity contribution in [2.24, 2.45) is 0 Å². The predicted octanol–water partition coefficient (Wildman–Crippen LogP) is 2.28. The second-order valence-electron chi connectivity index (χ2n) is 4.17. The Morgan fingerprint density at radius 1 is 1.44 bits per heavy atom. The minimum Gasteiger partial charge on any atom is -0.444 e. The van der Waals surface area contributed by atoms with Gasteiger partial charge in [-0.1, -0.05) is 18.3 Å². The number of rotatable bonds is 1. The van der Waals surface area contributed by atoms with E-state index >= 15 is 0 Å². The van der Waals surface area contributed by atoms with Gasteiger partial charge in [-0.15, -0.1) is 0 Å². The number of amides is 1. The maximum Gasteiger partial charge on any atom is 0.412 e. The maximum atomic E-state index is 11.4. The minimum atomic E-state index is -0.567. The standard InChI is InChI=1S/C11H14N2O2S/c1-11(2,3)15-10(14)13-9(16)8-6-4-5-7-12-8/h4-7H,1-3H3,(H,13,14,16). The summed E-state index contributed by atoms with van der Waals surface area (Å²) in [5, 5.41) is 2.46. The molecule has 1 aromatic rings. The first-order chi connectivity index (χ1) is 7.38. The molecule has 0 aliphatic carbocycles. The zero-order valence-corrected chi connectivity index (χ0v) is 10.3. The van der Waals surface area contributed by atoms with E-state index in [2.05, 4.69) is 10.3 Å². The van der Waals surface area contributed by atoms with Crippen LogP contribution >= 0.6 is 12.2 Å². The summed E-state index contributed by atoms with van der Waals surface area (Å²) in [5.41, 5.74) is 0.00689. The summed E-state index contributed by atoms with van der Waals surface area (Å²) >= 11 is 5.01. The van der Waals surface area contributed by atoms with E-state index in [4.69, 9.17) is 17.0 Å². The Morgan fingerprint density at radius 2 is 2.12 bits per heavy atom. The van der Waals surface area contributed by atoms with Gasteiger partial charge in [0.05, 0.1) is 5.69 Å². The van der Waals surface area contributed by atoms with Gasteiger partial charge in [-0.3, -0.25) is 10.3 Å². The number of pyridine rings is 1. The lowest BCUT2D eigenvalue weighted by Gasteiger charge is -2.19. The Kier molecular flexibility index (Phi) is 3.95. The summed E-state index contributed by atoms with van der Waals surface area (Å²) in [6, 6.07) is 5.30. The molecule has 86 valence electrons. The molecule has 0 bridgehead atoms. The number of alkyl carbamates (subject to hydrolysis) is 1. The van der Waals surface area contributed by atoms with Crippen LogP contribution in [0.5, 0.6) is 0 Å². The van der Waals surface area contributed by atoms with E-state index in [1.807, 2.05) is 0 Å². The van der Waals surface area contributed by atoms with E-state index < -0.39 is 11.7 Å². The number of nitrogens with one attached hydrogen (secondary N) is 1. The third-order valence-electron chi connectivity index (χ3n) is 1.51. The Balaban J connectivity index is 2.56. The smallest absolute Gasteiger partial charge is 0.412 e. The zero-order valence-electron chi connectivity index (χ0n) is 9.48. The van der Waals surface area contributed by atoms with E-state index in [9.17, 15) is 4.79 Å². The van der Waals surface area contributed by atoms with Crippen LogP contribution in [0.3, 0.4) is 0 Å². The van der Waals surface area contributed by atoms with E-state index in [0.717, 1.165) is 0 Å². The summed E-state index contributed by atoms with van der Waals surface area (Å²) < 4.78 is 5.06. The first-order valence-electron chi connectivity index (χ1n) is 4.84. The van der Waals surface area contributed by atoms with Crippen molar-refractivity contribution in [1.82, 2.24) is 10.3 Å². The molecule has 0 saturated heterocycles. The van der Waals surface area contributed by atoms with Gasteiger partial charge in [0, 0.05) is 6.20 Å². The number of aromatic nitrogens is 1. The molecular weight excluding hydrogens is 224 g/mol. The monoisotopic (exact) mass is 238 g/mol. The van der Waals surface area contributed by atoms with Crippen LogP contribution < -0.4 is 5.32 Å². The highest BCUT2D eigenvalue weighted by molar-refractivity contribution is 7.80. The molecule has 0 aliphatic rings. The van der Waals surface area contributed by atoms with Crippen LogP contribution in [0.15, 0.2) is 24.4 Å². The summed E-state index contributed by atoms with van der Waals surface area (Å²) in [5.74, 6) is 0. The van der Waals surface area contributed by atoms with Crippen molar-refractivity contribution >= 4 is 23.3 Å². The molecule has 0 aliphatic heterocycles. The van der Waals surface area contributed by atoms with Gasteiger partial charge in [0.1, 0.15) is 10.6 Å². The lowest BCUT2D eigenvalue weighted by Crippen LogP contribution is -2.36. The van der Waals surface area contributed by atoms with Gasteiger partial charge in [-0.2, -0.15) is 0 Å². The third-order valence-corrected chi connectivity index (χ3v) is 1.82. The van der Waals surface area contributed by atoms with Gasteiger partial charge in [-0.25, -0.2) is 4.79 Å². The fraction of sp³-hybridized carbons (Fsp3) is 0.364. The van der Waals surface area contributed by atoms with Crippen LogP contribution in [0, 0.1) is 0 Å². The quantitative estimate of drug-likeness (QED) is 0.763. The second kappa shape index (κ2) is 5.03. The van der Waals surface area contributed by atoms with Gasteiger partial charge < -0.3 is 4.74 Å². The molecule has 0 spiro atoms. The number of ether oxygens (including phenoxy) is 1. The number of carbonyl (C=O) groups is 1. The molecule has 0 radical (unpaired) electrons. The molecule has 1 amide bonds. The number of nitrogens with zero attached hydrogens (tertiary/aromatic N) is 1. The van der Waals surface area contributed by atoms with E-state index in [0.29, 0.717) is 5.69 Å². The molecule has 1 N–H and O–H groups in total. The predicted molar refractivity (Wildman–Crippen MR) is 65.3 cm³/mol. The highest BCUT2D eigenvalue weighted by Gasteiger charge is 2.17. The molecule has 1 aromatic heterocycles. The average molecular weight is 238 g/mol. The Bertz CT molecular complexity index is 385. The topological polar surface area (TPSA) is 51.2 Å². The highest BCUT2D eigenvalue weighted by Crippen LogP contribution is 2.06. The van der Waals surface area contributed by atoms with Crippen LogP contribution in [0.25, 0.3) is 0 Å². The number of hydrogen-bond donors (Lipinski definition) is 1. The fourth-order valence-corrected chi connectivity index (χ4v) is 1.16. The zero-order chi connectivity index (χ0) is 12.2. The Morgan fingerprint density at radius 3 is 2.62 bits per heavy atom. The van der Waals surface area contributed by atoms with Gasteiger partial charge in [0.15, 0.2) is 0 Å². The summed E-state index contributed by atoms with van der Waals surface area (Å²) in [7, 11) is 0. The molecule has 16 heavy (non-hydrogen) atoms. The van der Waals surface area contributed by atoms with Crippen molar-refractivity contribution in [3.63, 3.8) is 0 Å². The van der Waals surface area contributed by atoms with Crippen LogP contribution in [0.2, 0.25) is 0 Å². The van der Waals surface area contributed by atoms with Crippen LogP contribution in [0.4, 0.5) is 4.79 Å². The Hall–Kier alpha value is -1.49. The second-order valence-corrected chi connectivity index (χ2v) is 4.58. The molecule has 0 saturated carbocycles. The van der Waals surface area contributed by atoms with Crippen molar-refractivity contribution in [2.45, 2.75) is 26.4 Å². The van der Waals surface area contributed by atoms with Gasteiger partial charge in [0.25, 0.3) is 0 Å². The normalized spacial score (nSPS) is 10.7. The lowest BCUT2D eigenvalue weighted by molar-refractivity contribution is 0.0564. The molecule has 0 fully saturated rings. The van der Waals surface area contributed by atoms with E-state index in [-0.39, 0.29) is 4.99 Å². The van der Waals surface area contributed by atoms with Gasteiger partial charge in [-0.05, 0) is 32.9 Å². The first-order valence-corrected chi connectivity index (χ1v) is 5.25.